The van der Waals surface area contributed by atoms with Crippen molar-refractivity contribution < 1.29 is 18.7 Å². The quantitative estimate of drug-likeness (QED) is 0.321. The SMILES string of the molecule is CCC(C)c1ccc2oc(-c3ccc(Cl)c(NC(=O)c4cc(OC)cc(OC)c4)c3)nc2c1. The molecule has 0 aliphatic rings. The summed E-state index contributed by atoms with van der Waals surface area (Å²) in [5, 5.41) is 3.25. The molecule has 1 unspecified atom stereocenters. The molecule has 4 rings (SSSR count). The number of rotatable bonds is 7. The molecule has 0 spiro atoms. The second-order valence-corrected chi connectivity index (χ2v) is 8.21. The minimum atomic E-state index is -0.345. The van der Waals surface area contributed by atoms with E-state index in [1.54, 1.807) is 30.3 Å². The van der Waals surface area contributed by atoms with Gasteiger partial charge in [0.25, 0.3) is 5.91 Å². The van der Waals surface area contributed by atoms with E-state index in [2.05, 4.69) is 36.3 Å². The lowest BCUT2D eigenvalue weighted by atomic mass is 9.98. The topological polar surface area (TPSA) is 73.6 Å². The van der Waals surface area contributed by atoms with Crippen LogP contribution in [0.2, 0.25) is 5.02 Å². The highest BCUT2D eigenvalue weighted by Crippen LogP contribution is 2.32. The fraction of sp³-hybridized carbons (Fsp3) is 0.231. The molecule has 1 aromatic heterocycles. The van der Waals surface area contributed by atoms with E-state index in [9.17, 15) is 4.79 Å². The van der Waals surface area contributed by atoms with Crippen LogP contribution in [-0.2, 0) is 0 Å². The van der Waals surface area contributed by atoms with E-state index in [-0.39, 0.29) is 5.91 Å². The molecule has 7 heteroatoms. The molecule has 3 aromatic carbocycles. The molecular formula is C26H25ClN2O4. The van der Waals surface area contributed by atoms with Gasteiger partial charge in [0.2, 0.25) is 5.89 Å². The van der Waals surface area contributed by atoms with E-state index in [0.717, 1.165) is 11.9 Å². The van der Waals surface area contributed by atoms with Crippen LogP contribution >= 0.6 is 11.6 Å². The maximum absolute atomic E-state index is 12.9. The fourth-order valence-electron chi connectivity index (χ4n) is 3.50. The van der Waals surface area contributed by atoms with Gasteiger partial charge < -0.3 is 19.2 Å². The summed E-state index contributed by atoms with van der Waals surface area (Å²) in [5.74, 6) is 1.59. The molecule has 0 aliphatic heterocycles. The van der Waals surface area contributed by atoms with Gasteiger partial charge in [-0.1, -0.05) is 31.5 Å². The number of hydrogen-bond acceptors (Lipinski definition) is 5. The number of hydrogen-bond donors (Lipinski definition) is 1. The average Bonchev–Trinajstić information content (AvgIpc) is 3.27. The van der Waals surface area contributed by atoms with E-state index in [1.165, 1.54) is 19.8 Å². The van der Waals surface area contributed by atoms with E-state index < -0.39 is 0 Å². The number of methoxy groups -OCH3 is 2. The Morgan fingerprint density at radius 1 is 1.06 bits per heavy atom. The minimum absolute atomic E-state index is 0.345. The molecule has 1 heterocycles. The van der Waals surface area contributed by atoms with Gasteiger partial charge in [-0.3, -0.25) is 4.79 Å². The molecule has 0 fully saturated rings. The largest absolute Gasteiger partial charge is 0.497 e. The smallest absolute Gasteiger partial charge is 0.255 e. The van der Waals surface area contributed by atoms with Crippen molar-refractivity contribution in [3.63, 3.8) is 0 Å². The molecule has 1 amide bonds. The third kappa shape index (κ3) is 4.81. The van der Waals surface area contributed by atoms with Crippen LogP contribution in [-0.4, -0.2) is 25.1 Å². The molecule has 0 radical (unpaired) electrons. The maximum atomic E-state index is 12.9. The molecule has 0 bridgehead atoms. The van der Waals surface area contributed by atoms with Gasteiger partial charge in [-0.05, 0) is 60.4 Å². The number of carbonyl (C=O) groups excluding carboxylic acids is 1. The molecule has 1 N–H and O–H groups in total. The molecular weight excluding hydrogens is 440 g/mol. The van der Waals surface area contributed by atoms with Gasteiger partial charge in [-0.25, -0.2) is 4.98 Å². The van der Waals surface area contributed by atoms with Crippen molar-refractivity contribution in [3.05, 3.63) is 70.7 Å². The summed E-state index contributed by atoms with van der Waals surface area (Å²) in [4.78, 5) is 17.6. The first-order chi connectivity index (χ1) is 15.9. The first-order valence-electron chi connectivity index (χ1n) is 10.7. The standard InChI is InChI=1S/C26H25ClN2O4/c1-5-15(2)16-7-9-24-23(12-16)29-26(33-24)17-6-8-21(27)22(13-17)28-25(30)18-10-19(31-3)14-20(11-18)32-4/h6-15H,5H2,1-4H3,(H,28,30). The minimum Gasteiger partial charge on any atom is -0.497 e. The van der Waals surface area contributed by atoms with Crippen LogP contribution in [0.25, 0.3) is 22.6 Å². The van der Waals surface area contributed by atoms with Gasteiger partial charge in [-0.2, -0.15) is 0 Å². The zero-order valence-corrected chi connectivity index (χ0v) is 19.7. The summed E-state index contributed by atoms with van der Waals surface area (Å²) in [6.45, 7) is 4.35. The number of nitrogens with zero attached hydrogens (tertiary/aromatic N) is 1. The molecule has 0 aliphatic carbocycles. The lowest BCUT2D eigenvalue weighted by Gasteiger charge is -2.11. The molecule has 4 aromatic rings. The van der Waals surface area contributed by atoms with Crippen molar-refractivity contribution in [3.8, 4) is 23.0 Å². The predicted octanol–water partition coefficient (Wildman–Crippen LogP) is 6.93. The van der Waals surface area contributed by atoms with Crippen LogP contribution in [0.1, 0.15) is 42.1 Å². The van der Waals surface area contributed by atoms with Crippen molar-refractivity contribution in [2.75, 3.05) is 19.5 Å². The van der Waals surface area contributed by atoms with Gasteiger partial charge in [-0.15, -0.1) is 0 Å². The lowest BCUT2D eigenvalue weighted by Crippen LogP contribution is -2.12. The Balaban J connectivity index is 1.64. The molecule has 6 nitrogen and oxygen atoms in total. The summed E-state index contributed by atoms with van der Waals surface area (Å²) in [6.07, 6.45) is 1.05. The number of ether oxygens (including phenoxy) is 2. The zero-order valence-electron chi connectivity index (χ0n) is 18.9. The molecule has 0 saturated heterocycles. The summed E-state index contributed by atoms with van der Waals surface area (Å²) in [5.41, 5.74) is 4.27. The van der Waals surface area contributed by atoms with Crippen LogP contribution in [0.5, 0.6) is 11.5 Å². The van der Waals surface area contributed by atoms with Crippen molar-refractivity contribution in [2.45, 2.75) is 26.2 Å². The normalized spacial score (nSPS) is 11.9. The van der Waals surface area contributed by atoms with Gasteiger partial charge in [0.05, 0.1) is 24.9 Å². The second-order valence-electron chi connectivity index (χ2n) is 7.81. The number of nitrogens with one attached hydrogen (secondary N) is 1. The van der Waals surface area contributed by atoms with Crippen LogP contribution < -0.4 is 14.8 Å². The highest BCUT2D eigenvalue weighted by Gasteiger charge is 2.15. The summed E-state index contributed by atoms with van der Waals surface area (Å²) < 4.78 is 16.5. The van der Waals surface area contributed by atoms with Gasteiger partial charge in [0.15, 0.2) is 5.58 Å². The number of oxazole rings is 1. The van der Waals surface area contributed by atoms with Crippen LogP contribution in [0.15, 0.2) is 59.0 Å². The summed E-state index contributed by atoms with van der Waals surface area (Å²) >= 11 is 6.37. The summed E-state index contributed by atoms with van der Waals surface area (Å²) in [7, 11) is 3.06. The molecule has 0 saturated carbocycles. The van der Waals surface area contributed by atoms with Crippen LogP contribution in [0.4, 0.5) is 5.69 Å². The van der Waals surface area contributed by atoms with Gasteiger partial charge >= 0.3 is 0 Å². The van der Waals surface area contributed by atoms with Crippen molar-refractivity contribution in [1.29, 1.82) is 0 Å². The highest BCUT2D eigenvalue weighted by atomic mass is 35.5. The first kappa shape index (κ1) is 22.7. The Kier molecular flexibility index (Phi) is 6.56. The van der Waals surface area contributed by atoms with Crippen LogP contribution in [0, 0.1) is 0 Å². The van der Waals surface area contributed by atoms with Crippen LogP contribution in [0.3, 0.4) is 0 Å². The molecule has 1 atom stereocenters. The number of amides is 1. The Morgan fingerprint density at radius 2 is 1.79 bits per heavy atom. The number of aromatic nitrogens is 1. The maximum Gasteiger partial charge on any atom is 0.255 e. The third-order valence-electron chi connectivity index (χ3n) is 5.67. The number of carbonyl (C=O) groups is 1. The first-order valence-corrected chi connectivity index (χ1v) is 11.0. The monoisotopic (exact) mass is 464 g/mol. The van der Waals surface area contributed by atoms with E-state index in [0.29, 0.717) is 50.7 Å². The van der Waals surface area contributed by atoms with E-state index in [4.69, 9.17) is 25.5 Å². The average molecular weight is 465 g/mol. The number of anilines is 1. The Labute approximate surface area is 197 Å². The molecule has 170 valence electrons. The predicted molar refractivity (Wildman–Crippen MR) is 131 cm³/mol. The van der Waals surface area contributed by atoms with E-state index >= 15 is 0 Å². The number of fused-ring (bicyclic) bond motifs is 1. The summed E-state index contributed by atoms with van der Waals surface area (Å²) in [6, 6.07) is 16.3. The van der Waals surface area contributed by atoms with Crippen molar-refractivity contribution >= 4 is 34.3 Å². The zero-order chi connectivity index (χ0) is 23.5. The molecule has 33 heavy (non-hydrogen) atoms. The highest BCUT2D eigenvalue weighted by molar-refractivity contribution is 6.34. The van der Waals surface area contributed by atoms with E-state index in [1.807, 2.05) is 12.1 Å². The van der Waals surface area contributed by atoms with Crippen molar-refractivity contribution in [1.82, 2.24) is 4.98 Å². The lowest BCUT2D eigenvalue weighted by molar-refractivity contribution is 0.102. The fourth-order valence-corrected chi connectivity index (χ4v) is 3.66. The second kappa shape index (κ2) is 9.55. The Bertz CT molecular complexity index is 1290. The van der Waals surface area contributed by atoms with Gasteiger partial charge in [0, 0.05) is 17.2 Å². The van der Waals surface area contributed by atoms with Gasteiger partial charge in [0.1, 0.15) is 17.0 Å². The third-order valence-corrected chi connectivity index (χ3v) is 6.00. The number of halogens is 1. The Morgan fingerprint density at radius 3 is 2.45 bits per heavy atom. The Hall–Kier alpha value is -3.51. The van der Waals surface area contributed by atoms with Crippen molar-refractivity contribution in [2.24, 2.45) is 0 Å². The number of benzene rings is 3.